The van der Waals surface area contributed by atoms with Gasteiger partial charge in [-0.1, -0.05) is 0 Å². The summed E-state index contributed by atoms with van der Waals surface area (Å²) in [5.74, 6) is -1.33. The number of nitrogens with two attached hydrogens (primary N) is 1. The average molecular weight is 531 g/mol. The van der Waals surface area contributed by atoms with Gasteiger partial charge in [-0.15, -0.1) is 13.2 Å². The first-order valence-corrected chi connectivity index (χ1v) is 11.5. The van der Waals surface area contributed by atoms with Crippen molar-refractivity contribution in [1.82, 2.24) is 24.8 Å². The first-order valence-electron chi connectivity index (χ1n) is 11.5. The summed E-state index contributed by atoms with van der Waals surface area (Å²) in [6.45, 7) is 2.91. The zero-order chi connectivity index (χ0) is 27.3. The standard InChI is InChI=1S/C24H25F3N8O3/c1-34-6-8-35(9-7-34)14-22(36)32-18-10-16(38-24(25,26)27)3-4-17(18)23(37)33-21-13-29-19(12-31-21)15-2-5-20(28)30-11-15/h2-5,10-13H,6-9,14H2,1H3,(H2,28,30)(H,32,36)(H,31,33,37). The third-order valence-electron chi connectivity index (χ3n) is 5.68. The van der Waals surface area contributed by atoms with Gasteiger partial charge in [0.15, 0.2) is 5.82 Å². The van der Waals surface area contributed by atoms with Crippen molar-refractivity contribution in [1.29, 1.82) is 0 Å². The van der Waals surface area contributed by atoms with E-state index in [9.17, 15) is 22.8 Å². The Morgan fingerprint density at radius 2 is 1.76 bits per heavy atom. The Morgan fingerprint density at radius 3 is 2.39 bits per heavy atom. The van der Waals surface area contributed by atoms with Gasteiger partial charge in [0.1, 0.15) is 11.6 Å². The third-order valence-corrected chi connectivity index (χ3v) is 5.68. The van der Waals surface area contributed by atoms with E-state index in [4.69, 9.17) is 5.73 Å². The summed E-state index contributed by atoms with van der Waals surface area (Å²) >= 11 is 0. The summed E-state index contributed by atoms with van der Waals surface area (Å²) in [4.78, 5) is 42.1. The molecule has 200 valence electrons. The molecule has 3 heterocycles. The number of nitrogen functional groups attached to an aromatic ring is 1. The summed E-state index contributed by atoms with van der Waals surface area (Å²) in [5.41, 5.74) is 6.51. The van der Waals surface area contributed by atoms with Crippen LogP contribution in [0, 0.1) is 0 Å². The van der Waals surface area contributed by atoms with Crippen molar-refractivity contribution >= 4 is 29.1 Å². The fraction of sp³-hybridized carbons (Fsp3) is 0.292. The predicted molar refractivity (Wildman–Crippen MR) is 133 cm³/mol. The number of nitrogens with zero attached hydrogens (tertiary/aromatic N) is 5. The monoisotopic (exact) mass is 530 g/mol. The minimum atomic E-state index is -4.94. The van der Waals surface area contributed by atoms with Crippen molar-refractivity contribution in [2.24, 2.45) is 0 Å². The van der Waals surface area contributed by atoms with Crippen LogP contribution in [0.5, 0.6) is 5.75 Å². The minimum Gasteiger partial charge on any atom is -0.406 e. The quantitative estimate of drug-likeness (QED) is 0.420. The number of anilines is 3. The zero-order valence-electron chi connectivity index (χ0n) is 20.3. The molecule has 1 aliphatic heterocycles. The highest BCUT2D eigenvalue weighted by Crippen LogP contribution is 2.28. The number of carbonyl (C=O) groups excluding carboxylic acids is 2. The highest BCUT2D eigenvalue weighted by molar-refractivity contribution is 6.10. The number of halogens is 3. The summed E-state index contributed by atoms with van der Waals surface area (Å²) in [6.07, 6.45) is -0.681. The van der Waals surface area contributed by atoms with Gasteiger partial charge in [-0.2, -0.15) is 0 Å². The predicted octanol–water partition coefficient (Wildman–Crippen LogP) is 2.46. The van der Waals surface area contributed by atoms with Crippen molar-refractivity contribution in [2.75, 3.05) is 56.1 Å². The number of nitrogens with one attached hydrogen (secondary N) is 2. The number of pyridine rings is 1. The van der Waals surface area contributed by atoms with Crippen molar-refractivity contribution in [3.63, 3.8) is 0 Å². The largest absolute Gasteiger partial charge is 0.573 e. The number of ether oxygens (including phenoxy) is 1. The molecule has 1 aromatic carbocycles. The summed E-state index contributed by atoms with van der Waals surface area (Å²) < 4.78 is 42.3. The molecule has 0 saturated carbocycles. The molecule has 1 fully saturated rings. The maximum Gasteiger partial charge on any atom is 0.573 e. The van der Waals surface area contributed by atoms with Gasteiger partial charge in [0.2, 0.25) is 5.91 Å². The molecule has 0 unspecified atom stereocenters. The molecule has 0 radical (unpaired) electrons. The molecule has 14 heteroatoms. The van der Waals surface area contributed by atoms with Gasteiger partial charge in [-0.05, 0) is 31.3 Å². The highest BCUT2D eigenvalue weighted by atomic mass is 19.4. The van der Waals surface area contributed by atoms with Crippen LogP contribution >= 0.6 is 0 Å². The molecule has 38 heavy (non-hydrogen) atoms. The molecule has 3 aromatic rings. The maximum atomic E-state index is 13.0. The lowest BCUT2D eigenvalue weighted by molar-refractivity contribution is -0.274. The van der Waals surface area contributed by atoms with Gasteiger partial charge >= 0.3 is 6.36 Å². The molecule has 2 amide bonds. The molecular weight excluding hydrogens is 505 g/mol. The smallest absolute Gasteiger partial charge is 0.406 e. The summed E-state index contributed by atoms with van der Waals surface area (Å²) in [5, 5.41) is 5.08. The number of likely N-dealkylation sites (N-methyl/N-ethyl adjacent to an activating group) is 1. The molecule has 4 N–H and O–H groups in total. The second-order valence-corrected chi connectivity index (χ2v) is 8.60. The number of amides is 2. The third kappa shape index (κ3) is 7.36. The topological polar surface area (TPSA) is 139 Å². The van der Waals surface area contributed by atoms with Gasteiger partial charge in [-0.25, -0.2) is 9.97 Å². The van der Waals surface area contributed by atoms with E-state index in [1.165, 1.54) is 18.6 Å². The van der Waals surface area contributed by atoms with Gasteiger partial charge in [0.25, 0.3) is 5.91 Å². The second kappa shape index (κ2) is 11.4. The zero-order valence-corrected chi connectivity index (χ0v) is 20.3. The van der Waals surface area contributed by atoms with E-state index >= 15 is 0 Å². The Kier molecular flexibility index (Phi) is 8.02. The SMILES string of the molecule is CN1CCN(CC(=O)Nc2cc(OC(F)(F)F)ccc2C(=O)Nc2cnc(-c3ccc(N)nc3)cn2)CC1. The molecule has 0 aliphatic carbocycles. The average Bonchev–Trinajstić information content (AvgIpc) is 2.85. The normalized spacial score (nSPS) is 14.6. The highest BCUT2D eigenvalue weighted by Gasteiger charge is 2.31. The number of rotatable bonds is 7. The molecule has 1 aliphatic rings. The fourth-order valence-corrected chi connectivity index (χ4v) is 3.70. The Labute approximate surface area is 215 Å². The van der Waals surface area contributed by atoms with E-state index in [0.717, 1.165) is 31.3 Å². The van der Waals surface area contributed by atoms with Gasteiger partial charge in [0, 0.05) is 44.0 Å². The van der Waals surface area contributed by atoms with Gasteiger partial charge in [-0.3, -0.25) is 19.5 Å². The van der Waals surface area contributed by atoms with Gasteiger partial charge < -0.3 is 26.0 Å². The van der Waals surface area contributed by atoms with Crippen LogP contribution in [-0.4, -0.2) is 82.7 Å². The molecular formula is C24H25F3N8O3. The van der Waals surface area contributed by atoms with E-state index in [-0.39, 0.29) is 23.6 Å². The fourth-order valence-electron chi connectivity index (χ4n) is 3.70. The van der Waals surface area contributed by atoms with Crippen LogP contribution in [0.2, 0.25) is 0 Å². The van der Waals surface area contributed by atoms with Crippen LogP contribution in [0.3, 0.4) is 0 Å². The lowest BCUT2D eigenvalue weighted by Gasteiger charge is -2.31. The lowest BCUT2D eigenvalue weighted by atomic mass is 10.1. The first kappa shape index (κ1) is 26.8. The summed E-state index contributed by atoms with van der Waals surface area (Å²) in [6, 6.07) is 6.39. The molecule has 0 bridgehead atoms. The van der Waals surface area contributed by atoms with Crippen LogP contribution < -0.4 is 21.1 Å². The van der Waals surface area contributed by atoms with Crippen LogP contribution in [-0.2, 0) is 4.79 Å². The Morgan fingerprint density at radius 1 is 1.00 bits per heavy atom. The first-order chi connectivity index (χ1) is 18.1. The Balaban J connectivity index is 1.50. The molecule has 11 nitrogen and oxygen atoms in total. The van der Waals surface area contributed by atoms with E-state index < -0.39 is 23.9 Å². The van der Waals surface area contributed by atoms with E-state index in [1.807, 2.05) is 11.9 Å². The number of hydrogen-bond acceptors (Lipinski definition) is 9. The van der Waals surface area contributed by atoms with Gasteiger partial charge in [0.05, 0.1) is 35.9 Å². The number of benzene rings is 1. The number of hydrogen-bond donors (Lipinski definition) is 3. The summed E-state index contributed by atoms with van der Waals surface area (Å²) in [7, 11) is 1.97. The number of aromatic nitrogens is 3. The van der Waals surface area contributed by atoms with Crippen LogP contribution in [0.4, 0.5) is 30.5 Å². The van der Waals surface area contributed by atoms with Crippen molar-refractivity contribution < 1.29 is 27.5 Å². The van der Waals surface area contributed by atoms with Crippen molar-refractivity contribution in [3.8, 4) is 17.0 Å². The van der Waals surface area contributed by atoms with E-state index in [1.54, 1.807) is 12.1 Å². The van der Waals surface area contributed by atoms with Crippen LogP contribution in [0.1, 0.15) is 10.4 Å². The molecule has 1 saturated heterocycles. The Bertz CT molecular complexity index is 1280. The molecule has 0 atom stereocenters. The van der Waals surface area contributed by atoms with E-state index in [2.05, 4.69) is 35.2 Å². The second-order valence-electron chi connectivity index (χ2n) is 8.60. The number of carbonyl (C=O) groups is 2. The molecule has 2 aromatic heterocycles. The lowest BCUT2D eigenvalue weighted by Crippen LogP contribution is -2.47. The Hall–Kier alpha value is -4.30. The van der Waals surface area contributed by atoms with Crippen LogP contribution in [0.25, 0.3) is 11.3 Å². The maximum absolute atomic E-state index is 13.0. The van der Waals surface area contributed by atoms with E-state index in [0.29, 0.717) is 30.2 Å². The molecule has 0 spiro atoms. The van der Waals surface area contributed by atoms with Crippen molar-refractivity contribution in [2.45, 2.75) is 6.36 Å². The molecule has 4 rings (SSSR count). The van der Waals surface area contributed by atoms with Crippen molar-refractivity contribution in [3.05, 3.63) is 54.5 Å². The minimum absolute atomic E-state index is 0.0200. The number of alkyl halides is 3. The van der Waals surface area contributed by atoms with Crippen LogP contribution in [0.15, 0.2) is 48.9 Å². The number of piperazine rings is 1.